The van der Waals surface area contributed by atoms with E-state index in [0.29, 0.717) is 29.5 Å². The number of benzene rings is 3. The van der Waals surface area contributed by atoms with Gasteiger partial charge in [-0.25, -0.2) is 4.39 Å². The van der Waals surface area contributed by atoms with Crippen LogP contribution in [0.3, 0.4) is 0 Å². The van der Waals surface area contributed by atoms with E-state index in [1.165, 1.54) is 18.2 Å². The molecule has 0 spiro atoms. The summed E-state index contributed by atoms with van der Waals surface area (Å²) in [6.45, 7) is 2.44. The lowest BCUT2D eigenvalue weighted by Crippen LogP contribution is -2.37. The monoisotopic (exact) mass is 438 g/mol. The summed E-state index contributed by atoms with van der Waals surface area (Å²) in [4.78, 5) is 27.0. The minimum Gasteiger partial charge on any atom is -0.481 e. The third-order valence-corrected chi connectivity index (χ3v) is 5.27. The molecule has 3 aromatic rings. The van der Waals surface area contributed by atoms with E-state index in [4.69, 9.17) is 16.3 Å². The van der Waals surface area contributed by atoms with Gasteiger partial charge in [-0.15, -0.1) is 0 Å². The highest BCUT2D eigenvalue weighted by atomic mass is 35.5. The molecule has 0 radical (unpaired) electrons. The second kappa shape index (κ2) is 8.78. The third kappa shape index (κ3) is 4.86. The maximum Gasteiger partial charge on any atom is 0.263 e. The van der Waals surface area contributed by atoms with Crippen molar-refractivity contribution in [1.29, 1.82) is 0 Å². The van der Waals surface area contributed by atoms with Crippen LogP contribution < -0.4 is 10.1 Å². The van der Waals surface area contributed by atoms with Gasteiger partial charge in [-0.1, -0.05) is 29.8 Å². The Balaban J connectivity index is 1.56. The van der Waals surface area contributed by atoms with Gasteiger partial charge in [0.05, 0.1) is 0 Å². The van der Waals surface area contributed by atoms with E-state index < -0.39 is 17.8 Å². The first-order valence-electron chi connectivity index (χ1n) is 9.79. The Labute approximate surface area is 184 Å². The second-order valence-corrected chi connectivity index (χ2v) is 7.80. The maximum atomic E-state index is 13.4. The molecule has 4 rings (SSSR count). The molecule has 1 atom stereocenters. The highest BCUT2D eigenvalue weighted by Crippen LogP contribution is 2.29. The van der Waals surface area contributed by atoms with Crippen LogP contribution in [0.4, 0.5) is 10.1 Å². The molecule has 1 N–H and O–H groups in total. The van der Waals surface area contributed by atoms with Gasteiger partial charge in [0.2, 0.25) is 0 Å². The predicted molar refractivity (Wildman–Crippen MR) is 117 cm³/mol. The summed E-state index contributed by atoms with van der Waals surface area (Å²) in [5.74, 6) is -0.440. The lowest BCUT2D eigenvalue weighted by molar-refractivity contribution is -0.138. The van der Waals surface area contributed by atoms with Crippen LogP contribution in [0, 0.1) is 5.82 Å². The van der Waals surface area contributed by atoms with E-state index in [2.05, 4.69) is 5.32 Å². The molecule has 1 heterocycles. The van der Waals surface area contributed by atoms with Gasteiger partial charge >= 0.3 is 0 Å². The molecule has 0 saturated carbocycles. The van der Waals surface area contributed by atoms with Crippen LogP contribution in [0.5, 0.6) is 5.75 Å². The van der Waals surface area contributed by atoms with E-state index in [-0.39, 0.29) is 11.5 Å². The second-order valence-electron chi connectivity index (χ2n) is 7.37. The van der Waals surface area contributed by atoms with Crippen molar-refractivity contribution in [1.82, 2.24) is 4.90 Å². The van der Waals surface area contributed by atoms with Crippen molar-refractivity contribution in [3.63, 3.8) is 0 Å². The molecule has 5 nitrogen and oxygen atoms in total. The van der Waals surface area contributed by atoms with Crippen LogP contribution in [0.15, 0.2) is 66.7 Å². The molecule has 0 fully saturated rings. The number of fused-ring (bicyclic) bond motifs is 1. The van der Waals surface area contributed by atoms with Crippen molar-refractivity contribution in [3.05, 3.63) is 94.3 Å². The number of ether oxygens (including phenoxy) is 1. The van der Waals surface area contributed by atoms with Crippen molar-refractivity contribution in [3.8, 4) is 5.75 Å². The standard InChI is InChI=1S/C24H20ClFN2O3/c1-15-24(30)28(13-16-5-7-19(25)8-6-16)14-18-12-21(9-10-22(18)31-15)27-23(29)17-3-2-4-20(26)11-17/h2-12,15H,13-14H2,1H3,(H,27,29)/t15-/m1/s1. The van der Waals surface area contributed by atoms with E-state index >= 15 is 0 Å². The summed E-state index contributed by atoms with van der Waals surface area (Å²) in [6.07, 6.45) is -0.638. The average molecular weight is 439 g/mol. The number of halogens is 2. The van der Waals surface area contributed by atoms with E-state index in [0.717, 1.165) is 11.1 Å². The number of carbonyl (C=O) groups is 2. The van der Waals surface area contributed by atoms with Crippen LogP contribution in [0.2, 0.25) is 5.02 Å². The van der Waals surface area contributed by atoms with Crippen LogP contribution in [-0.2, 0) is 17.9 Å². The van der Waals surface area contributed by atoms with E-state index in [1.807, 2.05) is 12.1 Å². The molecule has 2 amide bonds. The smallest absolute Gasteiger partial charge is 0.263 e. The van der Waals surface area contributed by atoms with E-state index in [9.17, 15) is 14.0 Å². The minimum atomic E-state index is -0.638. The number of carbonyl (C=O) groups excluding carboxylic acids is 2. The summed E-state index contributed by atoms with van der Waals surface area (Å²) in [5, 5.41) is 3.40. The highest BCUT2D eigenvalue weighted by Gasteiger charge is 2.28. The van der Waals surface area contributed by atoms with Crippen LogP contribution in [-0.4, -0.2) is 22.8 Å². The van der Waals surface area contributed by atoms with Crippen molar-refractivity contribution in [2.45, 2.75) is 26.1 Å². The number of anilines is 1. The normalized spacial score (nSPS) is 15.6. The number of hydrogen-bond donors (Lipinski definition) is 1. The Morgan fingerprint density at radius 2 is 1.94 bits per heavy atom. The largest absolute Gasteiger partial charge is 0.481 e. The molecule has 158 valence electrons. The lowest BCUT2D eigenvalue weighted by Gasteiger charge is -2.22. The Kier molecular flexibility index (Phi) is 5.91. The Bertz CT molecular complexity index is 1130. The fourth-order valence-electron chi connectivity index (χ4n) is 3.45. The molecule has 0 unspecified atom stereocenters. The predicted octanol–water partition coefficient (Wildman–Crippen LogP) is 5.04. The molecule has 1 aliphatic rings. The lowest BCUT2D eigenvalue weighted by atomic mass is 10.1. The van der Waals surface area contributed by atoms with Crippen molar-refractivity contribution in [2.75, 3.05) is 5.32 Å². The summed E-state index contributed by atoms with van der Waals surface area (Å²) >= 11 is 5.96. The summed E-state index contributed by atoms with van der Waals surface area (Å²) in [7, 11) is 0. The number of amides is 2. The van der Waals surface area contributed by atoms with Crippen molar-refractivity contribution < 1.29 is 18.7 Å². The van der Waals surface area contributed by atoms with Gasteiger partial charge in [0.15, 0.2) is 6.10 Å². The van der Waals surface area contributed by atoms with Gasteiger partial charge in [-0.05, 0) is 61.0 Å². The summed E-state index contributed by atoms with van der Waals surface area (Å²) in [6, 6.07) is 18.0. The summed E-state index contributed by atoms with van der Waals surface area (Å²) < 4.78 is 19.3. The van der Waals surface area contributed by atoms with Crippen LogP contribution in [0.1, 0.15) is 28.4 Å². The van der Waals surface area contributed by atoms with Gasteiger partial charge in [0.25, 0.3) is 11.8 Å². The first-order valence-corrected chi connectivity index (χ1v) is 10.2. The molecule has 0 aliphatic carbocycles. The van der Waals surface area contributed by atoms with Crippen LogP contribution in [0.25, 0.3) is 0 Å². The molecule has 3 aromatic carbocycles. The van der Waals surface area contributed by atoms with Crippen LogP contribution >= 0.6 is 11.6 Å². The fourth-order valence-corrected chi connectivity index (χ4v) is 3.58. The van der Waals surface area contributed by atoms with Gasteiger partial charge < -0.3 is 15.0 Å². The van der Waals surface area contributed by atoms with Gasteiger partial charge in [-0.2, -0.15) is 0 Å². The highest BCUT2D eigenvalue weighted by molar-refractivity contribution is 6.30. The molecular formula is C24H20ClFN2O3. The molecule has 1 aliphatic heterocycles. The van der Waals surface area contributed by atoms with Gasteiger partial charge in [-0.3, -0.25) is 9.59 Å². The van der Waals surface area contributed by atoms with Crippen molar-refractivity contribution in [2.24, 2.45) is 0 Å². The number of hydrogen-bond acceptors (Lipinski definition) is 3. The molecule has 7 heteroatoms. The quantitative estimate of drug-likeness (QED) is 0.620. The third-order valence-electron chi connectivity index (χ3n) is 5.02. The topological polar surface area (TPSA) is 58.6 Å². The zero-order valence-corrected chi connectivity index (χ0v) is 17.5. The zero-order chi connectivity index (χ0) is 22.0. The molecule has 31 heavy (non-hydrogen) atoms. The first-order chi connectivity index (χ1) is 14.9. The fraction of sp³-hybridized carbons (Fsp3) is 0.167. The number of nitrogens with zero attached hydrogens (tertiary/aromatic N) is 1. The zero-order valence-electron chi connectivity index (χ0n) is 16.8. The SMILES string of the molecule is C[C@H]1Oc2ccc(NC(=O)c3cccc(F)c3)cc2CN(Cc2ccc(Cl)cc2)C1=O. The Morgan fingerprint density at radius 1 is 1.16 bits per heavy atom. The minimum absolute atomic E-state index is 0.128. The number of rotatable bonds is 4. The Morgan fingerprint density at radius 3 is 2.68 bits per heavy atom. The summed E-state index contributed by atoms with van der Waals surface area (Å²) in [5.41, 5.74) is 2.47. The molecule has 0 bridgehead atoms. The van der Waals surface area contributed by atoms with Gasteiger partial charge in [0.1, 0.15) is 11.6 Å². The molecular weight excluding hydrogens is 419 g/mol. The molecule has 0 aromatic heterocycles. The first kappa shape index (κ1) is 20.9. The number of nitrogens with one attached hydrogen (secondary N) is 1. The maximum absolute atomic E-state index is 13.4. The average Bonchev–Trinajstić information content (AvgIpc) is 2.86. The Hall–Kier alpha value is -3.38. The molecule has 0 saturated heterocycles. The van der Waals surface area contributed by atoms with Crippen molar-refractivity contribution >= 4 is 29.1 Å². The van der Waals surface area contributed by atoms with Gasteiger partial charge in [0, 0.05) is 34.9 Å². The van der Waals surface area contributed by atoms with E-state index in [1.54, 1.807) is 48.2 Å².